The molecule has 3 nitrogen and oxygen atoms in total. The molecule has 0 aromatic heterocycles. The molecule has 0 spiro atoms. The number of hydrogen-bond acceptors (Lipinski definition) is 4. The van der Waals surface area contributed by atoms with Crippen LogP contribution in [0.5, 0.6) is 0 Å². The summed E-state index contributed by atoms with van der Waals surface area (Å²) in [5.41, 5.74) is 0.0183. The molecule has 4 heteroatoms. The van der Waals surface area contributed by atoms with Gasteiger partial charge in [-0.2, -0.15) is 11.8 Å². The van der Waals surface area contributed by atoms with Crippen LogP contribution >= 0.6 is 11.8 Å². The molecule has 2 aliphatic rings. The molecule has 100 valence electrons. The van der Waals surface area contributed by atoms with Gasteiger partial charge in [-0.05, 0) is 45.0 Å². The van der Waals surface area contributed by atoms with Gasteiger partial charge in [0.1, 0.15) is 0 Å². The Bertz CT molecular complexity index is 223. The van der Waals surface area contributed by atoms with Gasteiger partial charge >= 0.3 is 0 Å². The Morgan fingerprint density at radius 2 is 2.18 bits per heavy atom. The first kappa shape index (κ1) is 13.7. The molecule has 0 amide bonds. The van der Waals surface area contributed by atoms with E-state index in [1.54, 1.807) is 0 Å². The third-order valence-electron chi connectivity index (χ3n) is 4.17. The minimum Gasteiger partial charge on any atom is -0.396 e. The van der Waals surface area contributed by atoms with Gasteiger partial charge in [-0.1, -0.05) is 0 Å². The maximum absolute atomic E-state index is 9.66. The average Bonchev–Trinajstić information content (AvgIpc) is 2.41. The molecule has 1 unspecified atom stereocenters. The molecule has 0 aromatic carbocycles. The smallest absolute Gasteiger partial charge is 0.0556 e. The topological polar surface area (TPSA) is 32.7 Å². The van der Waals surface area contributed by atoms with E-state index in [0.717, 1.165) is 37.9 Å². The minimum atomic E-state index is 0.0183. The van der Waals surface area contributed by atoms with E-state index >= 15 is 0 Å². The van der Waals surface area contributed by atoms with Crippen molar-refractivity contribution in [1.29, 1.82) is 0 Å². The highest BCUT2D eigenvalue weighted by molar-refractivity contribution is 7.99. The van der Waals surface area contributed by atoms with E-state index in [0.29, 0.717) is 0 Å². The SMILES string of the molecule is CSC1CCN(CC2(CO)CCCOC2)CC1. The van der Waals surface area contributed by atoms with Crippen molar-refractivity contribution in [3.63, 3.8) is 0 Å². The molecule has 2 heterocycles. The first-order valence-corrected chi connectivity index (χ1v) is 8.00. The molecule has 0 aromatic rings. The zero-order chi connectivity index (χ0) is 12.1. The van der Waals surface area contributed by atoms with Gasteiger partial charge in [0.2, 0.25) is 0 Å². The standard InChI is InChI=1S/C13H25NO2S/c1-17-12-3-6-14(7-4-12)9-13(10-15)5-2-8-16-11-13/h12,15H,2-11H2,1H3. The van der Waals surface area contributed by atoms with E-state index in [4.69, 9.17) is 4.74 Å². The van der Waals surface area contributed by atoms with Gasteiger partial charge in [0.15, 0.2) is 0 Å². The van der Waals surface area contributed by atoms with Crippen molar-refractivity contribution in [2.75, 3.05) is 45.7 Å². The van der Waals surface area contributed by atoms with Gasteiger partial charge in [0.05, 0.1) is 13.2 Å². The van der Waals surface area contributed by atoms with Gasteiger partial charge in [-0.3, -0.25) is 0 Å². The number of piperidine rings is 1. The molecular formula is C13H25NO2S. The highest BCUT2D eigenvalue weighted by Crippen LogP contribution is 2.31. The molecule has 1 N–H and O–H groups in total. The summed E-state index contributed by atoms with van der Waals surface area (Å²) in [5.74, 6) is 0. The van der Waals surface area contributed by atoms with Gasteiger partial charge in [-0.25, -0.2) is 0 Å². The molecule has 0 bridgehead atoms. The summed E-state index contributed by atoms with van der Waals surface area (Å²) in [6.07, 6.45) is 7.02. The number of hydrogen-bond donors (Lipinski definition) is 1. The first-order valence-electron chi connectivity index (χ1n) is 6.72. The molecule has 0 saturated carbocycles. The van der Waals surface area contributed by atoms with Gasteiger partial charge in [0, 0.05) is 23.8 Å². The number of aliphatic hydroxyl groups excluding tert-OH is 1. The number of ether oxygens (including phenoxy) is 1. The van der Waals surface area contributed by atoms with Crippen molar-refractivity contribution < 1.29 is 9.84 Å². The third-order valence-corrected chi connectivity index (χ3v) is 5.30. The lowest BCUT2D eigenvalue weighted by Gasteiger charge is -2.41. The van der Waals surface area contributed by atoms with E-state index in [1.807, 2.05) is 11.8 Å². The van der Waals surface area contributed by atoms with Crippen LogP contribution in [0.4, 0.5) is 0 Å². The fourth-order valence-electron chi connectivity index (χ4n) is 2.99. The Kier molecular flexibility index (Phi) is 5.15. The first-order chi connectivity index (χ1) is 8.28. The van der Waals surface area contributed by atoms with E-state index in [9.17, 15) is 5.11 Å². The number of rotatable bonds is 4. The lowest BCUT2D eigenvalue weighted by molar-refractivity contribution is -0.0571. The van der Waals surface area contributed by atoms with Crippen LogP contribution < -0.4 is 0 Å². The lowest BCUT2D eigenvalue weighted by Crippen LogP contribution is -2.48. The second kappa shape index (κ2) is 6.41. The largest absolute Gasteiger partial charge is 0.396 e. The van der Waals surface area contributed by atoms with Crippen LogP contribution in [0.1, 0.15) is 25.7 Å². The average molecular weight is 259 g/mol. The van der Waals surface area contributed by atoms with E-state index in [-0.39, 0.29) is 12.0 Å². The van der Waals surface area contributed by atoms with E-state index in [1.165, 1.54) is 25.9 Å². The van der Waals surface area contributed by atoms with Crippen LogP contribution in [0.25, 0.3) is 0 Å². The third kappa shape index (κ3) is 3.60. The monoisotopic (exact) mass is 259 g/mol. The molecular weight excluding hydrogens is 234 g/mol. The van der Waals surface area contributed by atoms with Crippen LogP contribution in [0.2, 0.25) is 0 Å². The number of aliphatic hydroxyl groups is 1. The molecule has 17 heavy (non-hydrogen) atoms. The number of thioether (sulfide) groups is 1. The van der Waals surface area contributed by atoms with Crippen molar-refractivity contribution >= 4 is 11.8 Å². The van der Waals surface area contributed by atoms with Gasteiger partial charge < -0.3 is 14.7 Å². The Hall–Kier alpha value is 0.230. The van der Waals surface area contributed by atoms with E-state index in [2.05, 4.69) is 11.2 Å². The second-order valence-electron chi connectivity index (χ2n) is 5.53. The Labute approximate surface area is 109 Å². The van der Waals surface area contributed by atoms with Crippen LogP contribution in [0.15, 0.2) is 0 Å². The lowest BCUT2D eigenvalue weighted by atomic mass is 9.82. The highest BCUT2D eigenvalue weighted by Gasteiger charge is 2.35. The normalized spacial score (nSPS) is 32.8. The predicted octanol–water partition coefficient (Wildman–Crippen LogP) is 1.60. The molecule has 2 saturated heterocycles. The summed E-state index contributed by atoms with van der Waals surface area (Å²) < 4.78 is 5.57. The zero-order valence-electron chi connectivity index (χ0n) is 10.9. The van der Waals surface area contributed by atoms with Crippen LogP contribution in [-0.2, 0) is 4.74 Å². The molecule has 0 aliphatic carbocycles. The van der Waals surface area contributed by atoms with Crippen molar-refractivity contribution in [2.45, 2.75) is 30.9 Å². The number of likely N-dealkylation sites (tertiary alicyclic amines) is 1. The van der Waals surface area contributed by atoms with Crippen LogP contribution in [0, 0.1) is 5.41 Å². The van der Waals surface area contributed by atoms with Crippen molar-refractivity contribution in [3.05, 3.63) is 0 Å². The molecule has 2 rings (SSSR count). The van der Waals surface area contributed by atoms with Crippen molar-refractivity contribution in [3.8, 4) is 0 Å². The number of nitrogens with zero attached hydrogens (tertiary/aromatic N) is 1. The summed E-state index contributed by atoms with van der Waals surface area (Å²) in [5, 5.41) is 10.5. The fraction of sp³-hybridized carbons (Fsp3) is 1.00. The maximum Gasteiger partial charge on any atom is 0.0556 e. The van der Waals surface area contributed by atoms with Crippen LogP contribution in [0.3, 0.4) is 0 Å². The van der Waals surface area contributed by atoms with Crippen LogP contribution in [-0.4, -0.2) is 61.0 Å². The predicted molar refractivity (Wildman–Crippen MR) is 72.5 cm³/mol. The summed E-state index contributed by atoms with van der Waals surface area (Å²) in [6.45, 7) is 5.28. The minimum absolute atomic E-state index is 0.0183. The summed E-state index contributed by atoms with van der Waals surface area (Å²) in [4.78, 5) is 2.53. The summed E-state index contributed by atoms with van der Waals surface area (Å²) in [6, 6.07) is 0. The summed E-state index contributed by atoms with van der Waals surface area (Å²) in [7, 11) is 0. The second-order valence-corrected chi connectivity index (χ2v) is 6.66. The molecule has 2 aliphatic heterocycles. The zero-order valence-corrected chi connectivity index (χ0v) is 11.7. The quantitative estimate of drug-likeness (QED) is 0.831. The summed E-state index contributed by atoms with van der Waals surface area (Å²) >= 11 is 2.00. The van der Waals surface area contributed by atoms with E-state index < -0.39 is 0 Å². The molecule has 2 fully saturated rings. The van der Waals surface area contributed by atoms with Crippen molar-refractivity contribution in [2.24, 2.45) is 5.41 Å². The Morgan fingerprint density at radius 1 is 1.41 bits per heavy atom. The Morgan fingerprint density at radius 3 is 2.71 bits per heavy atom. The Balaban J connectivity index is 1.82. The van der Waals surface area contributed by atoms with Crippen molar-refractivity contribution in [1.82, 2.24) is 4.90 Å². The molecule has 0 radical (unpaired) electrons. The maximum atomic E-state index is 9.66. The highest BCUT2D eigenvalue weighted by atomic mass is 32.2. The van der Waals surface area contributed by atoms with Gasteiger partial charge in [-0.15, -0.1) is 0 Å². The molecule has 1 atom stereocenters. The van der Waals surface area contributed by atoms with Gasteiger partial charge in [0.25, 0.3) is 0 Å². The fourth-order valence-corrected chi connectivity index (χ4v) is 3.67.